The van der Waals surface area contributed by atoms with E-state index in [1.165, 1.54) is 0 Å². The fourth-order valence-corrected chi connectivity index (χ4v) is 3.15. The van der Waals surface area contributed by atoms with Crippen molar-refractivity contribution in [3.63, 3.8) is 0 Å². The predicted octanol–water partition coefficient (Wildman–Crippen LogP) is 1.09. The maximum atomic E-state index is 13.1. The zero-order valence-electron chi connectivity index (χ0n) is 10.6. The van der Waals surface area contributed by atoms with Gasteiger partial charge in [-0.2, -0.15) is 17.2 Å². The molecule has 2 atom stereocenters. The van der Waals surface area contributed by atoms with Crippen LogP contribution in [0.5, 0.6) is 0 Å². The van der Waals surface area contributed by atoms with E-state index in [1.807, 2.05) is 0 Å². The van der Waals surface area contributed by atoms with E-state index in [-0.39, 0.29) is 0 Å². The Morgan fingerprint density at radius 1 is 1.25 bits per heavy atom. The van der Waals surface area contributed by atoms with E-state index >= 15 is 0 Å². The molecule has 2 rings (SSSR count). The molecule has 9 heteroatoms. The second-order valence-electron chi connectivity index (χ2n) is 5.43. The van der Waals surface area contributed by atoms with Crippen LogP contribution >= 0.6 is 0 Å². The summed E-state index contributed by atoms with van der Waals surface area (Å²) in [6.07, 6.45) is 2.55. The summed E-state index contributed by atoms with van der Waals surface area (Å²) in [5.41, 5.74) is -1.03. The first-order valence-electron chi connectivity index (χ1n) is 6.36. The third-order valence-electron chi connectivity index (χ3n) is 4.19. The van der Waals surface area contributed by atoms with Crippen LogP contribution in [0.2, 0.25) is 0 Å². The predicted molar refractivity (Wildman–Crippen MR) is 62.5 cm³/mol. The molecule has 0 saturated heterocycles. The van der Waals surface area contributed by atoms with Crippen molar-refractivity contribution in [2.24, 2.45) is 5.92 Å². The number of rotatable bonds is 4. The molecule has 6 nitrogen and oxygen atoms in total. The van der Waals surface area contributed by atoms with Crippen LogP contribution < -0.4 is 0 Å². The minimum atomic E-state index is -5.85. The largest absolute Gasteiger partial charge is 0.465 e. The van der Waals surface area contributed by atoms with Gasteiger partial charge in [0.15, 0.2) is 0 Å². The lowest BCUT2D eigenvalue weighted by molar-refractivity contribution is -0.188. The lowest BCUT2D eigenvalue weighted by atomic mass is 9.69. The Balaban J connectivity index is 2.03. The Morgan fingerprint density at radius 2 is 1.80 bits per heavy atom. The number of esters is 1. The fraction of sp³-hybridized carbons (Fsp3) is 0.909. The molecule has 0 heterocycles. The van der Waals surface area contributed by atoms with Crippen LogP contribution in [0.1, 0.15) is 38.5 Å². The molecule has 2 fully saturated rings. The molecule has 0 aromatic heterocycles. The van der Waals surface area contributed by atoms with Crippen molar-refractivity contribution in [2.75, 3.05) is 0 Å². The molecule has 0 aromatic rings. The van der Waals surface area contributed by atoms with Crippen LogP contribution in [-0.4, -0.2) is 41.0 Å². The van der Waals surface area contributed by atoms with Crippen LogP contribution in [0.3, 0.4) is 0 Å². The minimum Gasteiger partial charge on any atom is -0.457 e. The molecule has 0 aliphatic heterocycles. The van der Waals surface area contributed by atoms with Gasteiger partial charge in [0.1, 0.15) is 6.10 Å². The van der Waals surface area contributed by atoms with E-state index in [9.17, 15) is 27.1 Å². The van der Waals surface area contributed by atoms with Gasteiger partial charge in [0, 0.05) is 5.92 Å². The van der Waals surface area contributed by atoms with Crippen LogP contribution in [0.25, 0.3) is 0 Å². The molecule has 0 amide bonds. The molecule has 2 saturated carbocycles. The molecule has 2 aliphatic rings. The number of hydrogen-bond donors (Lipinski definition) is 2. The van der Waals surface area contributed by atoms with E-state index < -0.39 is 39.0 Å². The third-order valence-corrected chi connectivity index (χ3v) is 5.01. The van der Waals surface area contributed by atoms with Crippen molar-refractivity contribution in [2.45, 2.75) is 55.5 Å². The normalized spacial score (nSPS) is 29.8. The van der Waals surface area contributed by atoms with Crippen LogP contribution in [-0.2, 0) is 19.6 Å². The summed E-state index contributed by atoms with van der Waals surface area (Å²) < 4.78 is 59.8. The topological polar surface area (TPSA) is 101 Å². The molecule has 20 heavy (non-hydrogen) atoms. The lowest BCUT2D eigenvalue weighted by Crippen LogP contribution is -2.52. The third kappa shape index (κ3) is 2.53. The van der Waals surface area contributed by atoms with Gasteiger partial charge < -0.3 is 9.84 Å². The molecule has 2 unspecified atom stereocenters. The van der Waals surface area contributed by atoms with E-state index in [1.54, 1.807) is 0 Å². The number of halogens is 2. The summed E-state index contributed by atoms with van der Waals surface area (Å²) in [6, 6.07) is 0. The first-order chi connectivity index (χ1) is 9.08. The van der Waals surface area contributed by atoms with Crippen molar-refractivity contribution in [1.82, 2.24) is 0 Å². The van der Waals surface area contributed by atoms with Crippen LogP contribution in [0.4, 0.5) is 8.78 Å². The number of ether oxygens (including phenoxy) is 1. The van der Waals surface area contributed by atoms with Gasteiger partial charge in [0.25, 0.3) is 0 Å². The minimum absolute atomic E-state index is 0.292. The molecule has 0 aromatic carbocycles. The maximum Gasteiger partial charge on any atom is 0.465 e. The van der Waals surface area contributed by atoms with Gasteiger partial charge in [-0.15, -0.1) is 0 Å². The van der Waals surface area contributed by atoms with Gasteiger partial charge in [-0.1, -0.05) is 12.8 Å². The Kier molecular flexibility index (Phi) is 3.81. The molecule has 0 bridgehead atoms. The van der Waals surface area contributed by atoms with Crippen molar-refractivity contribution >= 4 is 16.1 Å². The summed E-state index contributed by atoms with van der Waals surface area (Å²) in [5.74, 6) is -2.75. The molecule has 0 radical (unpaired) electrons. The van der Waals surface area contributed by atoms with Crippen molar-refractivity contribution in [3.05, 3.63) is 0 Å². The standard InChI is InChI=1S/C11H16F2O6S/c12-11(13,20(16,17)18)9(14)19-8-4-3-7(8)10(15)5-1-2-6-10/h7-8,15H,1-6H2,(H,16,17,18). The van der Waals surface area contributed by atoms with E-state index in [4.69, 9.17) is 4.55 Å². The van der Waals surface area contributed by atoms with Gasteiger partial charge in [-0.25, -0.2) is 4.79 Å². The quantitative estimate of drug-likeness (QED) is 0.595. The summed E-state index contributed by atoms with van der Waals surface area (Å²) in [4.78, 5) is 11.2. The Bertz CT molecular complexity index is 497. The Labute approximate surface area is 114 Å². The number of carbonyl (C=O) groups is 1. The van der Waals surface area contributed by atoms with Crippen molar-refractivity contribution < 1.29 is 36.4 Å². The summed E-state index contributed by atoms with van der Waals surface area (Å²) in [7, 11) is -5.85. The Morgan fingerprint density at radius 3 is 2.20 bits per heavy atom. The average Bonchev–Trinajstić information content (AvgIpc) is 2.69. The van der Waals surface area contributed by atoms with Gasteiger partial charge in [0.05, 0.1) is 5.60 Å². The highest BCUT2D eigenvalue weighted by molar-refractivity contribution is 7.87. The number of alkyl halides is 2. The summed E-state index contributed by atoms with van der Waals surface area (Å²) in [6.45, 7) is 0. The van der Waals surface area contributed by atoms with E-state index in [0.717, 1.165) is 12.8 Å². The SMILES string of the molecule is O=C(OC1CCC1C1(O)CCCC1)C(F)(F)S(=O)(=O)O. The summed E-state index contributed by atoms with van der Waals surface area (Å²) in [5, 5.41) is 5.33. The highest BCUT2D eigenvalue weighted by atomic mass is 32.2. The highest BCUT2D eigenvalue weighted by Gasteiger charge is 2.57. The second kappa shape index (κ2) is 4.88. The number of carbonyl (C=O) groups excluding carboxylic acids is 1. The fourth-order valence-electron chi connectivity index (χ4n) is 2.89. The van der Waals surface area contributed by atoms with Crippen LogP contribution in [0.15, 0.2) is 0 Å². The van der Waals surface area contributed by atoms with Crippen LogP contribution in [0, 0.1) is 5.92 Å². The van der Waals surface area contributed by atoms with Gasteiger partial charge >= 0.3 is 21.3 Å². The van der Waals surface area contributed by atoms with Crippen molar-refractivity contribution in [1.29, 1.82) is 0 Å². The lowest BCUT2D eigenvalue weighted by Gasteiger charge is -2.44. The molecular formula is C11H16F2O6S. The zero-order chi connectivity index (χ0) is 15.2. The molecular weight excluding hydrogens is 298 g/mol. The zero-order valence-corrected chi connectivity index (χ0v) is 11.4. The molecule has 2 aliphatic carbocycles. The summed E-state index contributed by atoms with van der Waals surface area (Å²) >= 11 is 0. The van der Waals surface area contributed by atoms with Gasteiger partial charge in [-0.3, -0.25) is 4.55 Å². The average molecular weight is 314 g/mol. The first-order valence-corrected chi connectivity index (χ1v) is 7.80. The van der Waals surface area contributed by atoms with E-state index in [0.29, 0.717) is 25.7 Å². The van der Waals surface area contributed by atoms with Gasteiger partial charge in [0.2, 0.25) is 0 Å². The molecule has 116 valence electrons. The second-order valence-corrected chi connectivity index (χ2v) is 6.89. The monoisotopic (exact) mass is 314 g/mol. The number of hydrogen-bond acceptors (Lipinski definition) is 5. The van der Waals surface area contributed by atoms with Gasteiger partial charge in [-0.05, 0) is 25.7 Å². The molecule has 0 spiro atoms. The van der Waals surface area contributed by atoms with Crippen molar-refractivity contribution in [3.8, 4) is 0 Å². The smallest absolute Gasteiger partial charge is 0.457 e. The molecule has 2 N–H and O–H groups in total. The maximum absolute atomic E-state index is 13.1. The number of aliphatic hydroxyl groups is 1. The van der Waals surface area contributed by atoms with E-state index in [2.05, 4.69) is 4.74 Å². The highest BCUT2D eigenvalue weighted by Crippen LogP contribution is 2.47. The Hall–Kier alpha value is -0.800. The first kappa shape index (κ1) is 15.6.